The van der Waals surface area contributed by atoms with Crippen molar-refractivity contribution in [1.82, 2.24) is 0 Å². The Bertz CT molecular complexity index is 507. The number of methoxy groups -OCH3 is 2. The largest absolute Gasteiger partial charge is 0.493 e. The molecule has 20 heavy (non-hydrogen) atoms. The highest BCUT2D eigenvalue weighted by atomic mass is 32.2. The summed E-state index contributed by atoms with van der Waals surface area (Å²) >= 11 is 1.55. The first kappa shape index (κ1) is 15.0. The Morgan fingerprint density at radius 3 is 2.20 bits per heavy atom. The lowest BCUT2D eigenvalue weighted by molar-refractivity contribution is -0.143. The van der Waals surface area contributed by atoms with E-state index in [0.717, 1.165) is 23.3 Å². The molecule has 0 aromatic heterocycles. The van der Waals surface area contributed by atoms with E-state index in [1.807, 2.05) is 18.4 Å². The van der Waals surface area contributed by atoms with Gasteiger partial charge in [-0.3, -0.25) is 4.79 Å². The van der Waals surface area contributed by atoms with E-state index in [2.05, 4.69) is 0 Å². The van der Waals surface area contributed by atoms with Crippen LogP contribution in [0.5, 0.6) is 11.5 Å². The summed E-state index contributed by atoms with van der Waals surface area (Å²) in [6, 6.07) is 3.71. The smallest absolute Gasteiger partial charge is 0.314 e. The molecule has 1 aromatic carbocycles. The highest BCUT2D eigenvalue weighted by molar-refractivity contribution is 7.98. The van der Waals surface area contributed by atoms with Crippen molar-refractivity contribution in [3.8, 4) is 11.5 Å². The van der Waals surface area contributed by atoms with Crippen molar-refractivity contribution in [2.24, 2.45) is 0 Å². The van der Waals surface area contributed by atoms with Crippen LogP contribution >= 0.6 is 11.8 Å². The second-order valence-electron chi connectivity index (χ2n) is 5.00. The third-order valence-corrected chi connectivity index (χ3v) is 4.87. The monoisotopic (exact) mass is 296 g/mol. The zero-order valence-electron chi connectivity index (χ0n) is 12.1. The number of benzene rings is 1. The van der Waals surface area contributed by atoms with Crippen molar-refractivity contribution in [3.63, 3.8) is 0 Å². The summed E-state index contributed by atoms with van der Waals surface area (Å²) in [6.07, 6.45) is 5.23. The second kappa shape index (κ2) is 5.95. The van der Waals surface area contributed by atoms with Crippen molar-refractivity contribution in [2.75, 3.05) is 20.5 Å². The van der Waals surface area contributed by atoms with E-state index < -0.39 is 11.4 Å². The molecule has 0 aliphatic heterocycles. The van der Waals surface area contributed by atoms with Crippen LogP contribution in [0.4, 0.5) is 0 Å². The van der Waals surface area contributed by atoms with E-state index in [4.69, 9.17) is 9.47 Å². The van der Waals surface area contributed by atoms with Crippen molar-refractivity contribution >= 4 is 17.7 Å². The van der Waals surface area contributed by atoms with Crippen LogP contribution in [0, 0.1) is 0 Å². The third kappa shape index (κ3) is 2.35. The average molecular weight is 296 g/mol. The van der Waals surface area contributed by atoms with E-state index in [9.17, 15) is 9.90 Å². The Morgan fingerprint density at radius 1 is 1.20 bits per heavy atom. The molecule has 1 aromatic rings. The summed E-state index contributed by atoms with van der Waals surface area (Å²) < 4.78 is 10.6. The van der Waals surface area contributed by atoms with Crippen molar-refractivity contribution in [1.29, 1.82) is 0 Å². The summed E-state index contributed by atoms with van der Waals surface area (Å²) in [7, 11) is 3.16. The first-order chi connectivity index (χ1) is 9.58. The van der Waals surface area contributed by atoms with E-state index in [-0.39, 0.29) is 0 Å². The minimum atomic E-state index is -0.780. The van der Waals surface area contributed by atoms with Gasteiger partial charge in [-0.2, -0.15) is 0 Å². The molecule has 1 saturated carbocycles. The van der Waals surface area contributed by atoms with Gasteiger partial charge in [-0.15, -0.1) is 11.8 Å². The molecule has 5 heteroatoms. The SMILES string of the molecule is COc1cc(SC)c(C2(C(=O)O)CCCC2)cc1OC. The number of aliphatic carboxylic acids is 1. The molecule has 1 fully saturated rings. The molecule has 1 N–H and O–H groups in total. The predicted octanol–water partition coefficient (Wildman–Crippen LogP) is 3.32. The molecule has 0 spiro atoms. The summed E-state index contributed by atoms with van der Waals surface area (Å²) in [4.78, 5) is 12.8. The fourth-order valence-corrected chi connectivity index (χ4v) is 3.68. The number of carbonyl (C=O) groups is 1. The highest BCUT2D eigenvalue weighted by Crippen LogP contribution is 2.47. The first-order valence-electron chi connectivity index (χ1n) is 6.63. The van der Waals surface area contributed by atoms with Crippen LogP contribution in [-0.2, 0) is 10.2 Å². The lowest BCUT2D eigenvalue weighted by Crippen LogP contribution is -2.33. The van der Waals surface area contributed by atoms with Gasteiger partial charge in [-0.05, 0) is 36.8 Å². The van der Waals surface area contributed by atoms with Crippen molar-refractivity contribution in [3.05, 3.63) is 17.7 Å². The molecular weight excluding hydrogens is 276 g/mol. The average Bonchev–Trinajstić information content (AvgIpc) is 2.96. The zero-order chi connectivity index (χ0) is 14.8. The molecular formula is C15H20O4S. The molecule has 2 rings (SSSR count). The molecule has 0 heterocycles. The third-order valence-electron chi connectivity index (χ3n) is 4.09. The zero-order valence-corrected chi connectivity index (χ0v) is 12.9. The second-order valence-corrected chi connectivity index (χ2v) is 5.85. The van der Waals surface area contributed by atoms with Crippen LogP contribution < -0.4 is 9.47 Å². The predicted molar refractivity (Wildman–Crippen MR) is 79.1 cm³/mol. The van der Waals surface area contributed by atoms with E-state index in [1.54, 1.807) is 26.0 Å². The lowest BCUT2D eigenvalue weighted by Gasteiger charge is -2.27. The maximum atomic E-state index is 11.9. The Hall–Kier alpha value is -1.36. The first-order valence-corrected chi connectivity index (χ1v) is 7.85. The van der Waals surface area contributed by atoms with Crippen LogP contribution in [-0.4, -0.2) is 31.6 Å². The van der Waals surface area contributed by atoms with Gasteiger partial charge in [0.25, 0.3) is 0 Å². The van der Waals surface area contributed by atoms with E-state index in [0.29, 0.717) is 24.3 Å². The Labute approximate surface area is 123 Å². The number of hydrogen-bond acceptors (Lipinski definition) is 4. The van der Waals surface area contributed by atoms with E-state index >= 15 is 0 Å². The molecule has 0 saturated heterocycles. The molecule has 0 unspecified atom stereocenters. The molecule has 110 valence electrons. The molecule has 1 aliphatic rings. The topological polar surface area (TPSA) is 55.8 Å². The van der Waals surface area contributed by atoms with E-state index in [1.165, 1.54) is 0 Å². The van der Waals surface area contributed by atoms with Crippen LogP contribution in [0.2, 0.25) is 0 Å². The number of hydrogen-bond donors (Lipinski definition) is 1. The van der Waals surface area contributed by atoms with Gasteiger partial charge in [0.15, 0.2) is 11.5 Å². The number of thioether (sulfide) groups is 1. The summed E-state index contributed by atoms with van der Waals surface area (Å²) in [5, 5.41) is 9.75. The maximum absolute atomic E-state index is 11.9. The minimum absolute atomic E-state index is 0.591. The van der Waals surface area contributed by atoms with Gasteiger partial charge in [0, 0.05) is 4.90 Å². The normalized spacial score (nSPS) is 16.9. The number of carboxylic acid groups (broad SMARTS) is 1. The number of carboxylic acids is 1. The molecule has 0 amide bonds. The minimum Gasteiger partial charge on any atom is -0.493 e. The Balaban J connectivity index is 2.62. The molecule has 0 radical (unpaired) electrons. The van der Waals surface area contributed by atoms with Gasteiger partial charge in [-0.25, -0.2) is 0 Å². The van der Waals surface area contributed by atoms with Crippen LogP contribution in [0.1, 0.15) is 31.2 Å². The maximum Gasteiger partial charge on any atom is 0.314 e. The van der Waals surface area contributed by atoms with Crippen LogP contribution in [0.15, 0.2) is 17.0 Å². The number of ether oxygens (including phenoxy) is 2. The summed E-state index contributed by atoms with van der Waals surface area (Å²) in [6.45, 7) is 0. The van der Waals surface area contributed by atoms with Gasteiger partial charge in [0.2, 0.25) is 0 Å². The molecule has 1 aliphatic carbocycles. The van der Waals surface area contributed by atoms with Gasteiger partial charge >= 0.3 is 5.97 Å². The fourth-order valence-electron chi connectivity index (χ4n) is 2.98. The summed E-state index contributed by atoms with van der Waals surface area (Å²) in [5.41, 5.74) is 0.0744. The fraction of sp³-hybridized carbons (Fsp3) is 0.533. The van der Waals surface area contributed by atoms with Crippen molar-refractivity contribution in [2.45, 2.75) is 36.0 Å². The molecule has 0 bridgehead atoms. The van der Waals surface area contributed by atoms with Gasteiger partial charge in [-0.1, -0.05) is 12.8 Å². The summed E-state index contributed by atoms with van der Waals surface area (Å²) in [5.74, 6) is 0.490. The van der Waals surface area contributed by atoms with Crippen LogP contribution in [0.25, 0.3) is 0 Å². The van der Waals surface area contributed by atoms with Crippen molar-refractivity contribution < 1.29 is 19.4 Å². The Morgan fingerprint density at radius 2 is 1.75 bits per heavy atom. The van der Waals surface area contributed by atoms with Gasteiger partial charge in [0.05, 0.1) is 19.6 Å². The van der Waals surface area contributed by atoms with Gasteiger partial charge in [0.1, 0.15) is 0 Å². The number of rotatable bonds is 5. The highest BCUT2D eigenvalue weighted by Gasteiger charge is 2.44. The standard InChI is InChI=1S/C15H20O4S/c1-18-11-8-10(13(20-3)9-12(11)19-2)15(14(16)17)6-4-5-7-15/h8-9H,4-7H2,1-3H3,(H,16,17). The quantitative estimate of drug-likeness (QED) is 0.845. The lowest BCUT2D eigenvalue weighted by atomic mass is 9.78. The molecule has 4 nitrogen and oxygen atoms in total. The van der Waals surface area contributed by atoms with Crippen LogP contribution in [0.3, 0.4) is 0 Å². The van der Waals surface area contributed by atoms with Gasteiger partial charge < -0.3 is 14.6 Å². The molecule has 0 atom stereocenters. The Kier molecular flexibility index (Phi) is 4.48.